The van der Waals surface area contributed by atoms with E-state index in [9.17, 15) is 5.11 Å². The molecule has 1 aromatic carbocycles. The maximum atomic E-state index is 9.39. The second-order valence-electron chi connectivity index (χ2n) is 3.00. The molecule has 2 heteroatoms. The molecule has 1 aromatic rings. The second kappa shape index (κ2) is 4.12. The standard InChI is InChI=1S/C10H13IO/c1-7-6-10(12)8(2)5-9(7)3-4-11/h5-6,12H,3-4H2,1-2H3. The molecule has 0 aromatic heterocycles. The van der Waals surface area contributed by atoms with Gasteiger partial charge in [0, 0.05) is 4.43 Å². The maximum Gasteiger partial charge on any atom is 0.118 e. The van der Waals surface area contributed by atoms with Gasteiger partial charge in [-0.1, -0.05) is 28.7 Å². The highest BCUT2D eigenvalue weighted by molar-refractivity contribution is 14.1. The van der Waals surface area contributed by atoms with Gasteiger partial charge >= 0.3 is 0 Å². The fraction of sp³-hybridized carbons (Fsp3) is 0.400. The van der Waals surface area contributed by atoms with E-state index in [0.717, 1.165) is 16.4 Å². The van der Waals surface area contributed by atoms with Crippen molar-refractivity contribution in [1.29, 1.82) is 0 Å². The van der Waals surface area contributed by atoms with Crippen LogP contribution in [0.15, 0.2) is 12.1 Å². The Kier molecular flexibility index (Phi) is 3.38. The monoisotopic (exact) mass is 276 g/mol. The van der Waals surface area contributed by atoms with Gasteiger partial charge in [0.2, 0.25) is 0 Å². The molecule has 0 saturated carbocycles. The Morgan fingerprint density at radius 3 is 2.50 bits per heavy atom. The van der Waals surface area contributed by atoms with Gasteiger partial charge < -0.3 is 5.11 Å². The summed E-state index contributed by atoms with van der Waals surface area (Å²) in [6.07, 6.45) is 1.09. The normalized spacial score (nSPS) is 10.2. The molecule has 0 bridgehead atoms. The third-order valence-electron chi connectivity index (χ3n) is 2.02. The van der Waals surface area contributed by atoms with Gasteiger partial charge in [0.15, 0.2) is 0 Å². The van der Waals surface area contributed by atoms with Crippen molar-refractivity contribution in [2.75, 3.05) is 4.43 Å². The van der Waals surface area contributed by atoms with Crippen molar-refractivity contribution in [3.8, 4) is 5.75 Å². The molecule has 66 valence electrons. The van der Waals surface area contributed by atoms with Crippen LogP contribution in [-0.4, -0.2) is 9.53 Å². The molecule has 0 amide bonds. The minimum Gasteiger partial charge on any atom is -0.508 e. The number of aryl methyl sites for hydroxylation is 3. The highest BCUT2D eigenvalue weighted by atomic mass is 127. The van der Waals surface area contributed by atoms with E-state index in [1.165, 1.54) is 11.1 Å². The van der Waals surface area contributed by atoms with Crippen LogP contribution >= 0.6 is 22.6 Å². The van der Waals surface area contributed by atoms with Crippen LogP contribution in [0.1, 0.15) is 16.7 Å². The van der Waals surface area contributed by atoms with Gasteiger partial charge in [-0.3, -0.25) is 0 Å². The van der Waals surface area contributed by atoms with E-state index in [2.05, 4.69) is 28.7 Å². The molecule has 0 spiro atoms. The van der Waals surface area contributed by atoms with Crippen LogP contribution in [0, 0.1) is 13.8 Å². The Bertz CT molecular complexity index is 281. The van der Waals surface area contributed by atoms with Crippen molar-refractivity contribution in [2.24, 2.45) is 0 Å². The van der Waals surface area contributed by atoms with Crippen molar-refractivity contribution < 1.29 is 5.11 Å². The van der Waals surface area contributed by atoms with Crippen molar-refractivity contribution >= 4 is 22.6 Å². The molecule has 0 unspecified atom stereocenters. The smallest absolute Gasteiger partial charge is 0.118 e. The van der Waals surface area contributed by atoms with Crippen LogP contribution in [0.2, 0.25) is 0 Å². The molecular weight excluding hydrogens is 263 g/mol. The predicted octanol–water partition coefficient (Wildman–Crippen LogP) is 2.99. The van der Waals surface area contributed by atoms with Crippen molar-refractivity contribution in [3.05, 3.63) is 28.8 Å². The van der Waals surface area contributed by atoms with Gasteiger partial charge in [0.1, 0.15) is 5.75 Å². The lowest BCUT2D eigenvalue weighted by atomic mass is 10.0. The molecule has 1 N–H and O–H groups in total. The number of rotatable bonds is 2. The van der Waals surface area contributed by atoms with Crippen molar-refractivity contribution in [2.45, 2.75) is 20.3 Å². The fourth-order valence-corrected chi connectivity index (χ4v) is 1.81. The van der Waals surface area contributed by atoms with Gasteiger partial charge in [-0.2, -0.15) is 0 Å². The summed E-state index contributed by atoms with van der Waals surface area (Å²) in [5.41, 5.74) is 3.51. The average molecular weight is 276 g/mol. The molecule has 0 saturated heterocycles. The van der Waals surface area contributed by atoms with Crippen molar-refractivity contribution in [3.63, 3.8) is 0 Å². The molecular formula is C10H13IO. The number of benzene rings is 1. The summed E-state index contributed by atoms with van der Waals surface area (Å²) in [5.74, 6) is 0.407. The zero-order valence-electron chi connectivity index (χ0n) is 7.39. The number of phenols is 1. The lowest BCUT2D eigenvalue weighted by Crippen LogP contribution is -1.91. The average Bonchev–Trinajstić information content (AvgIpc) is 2.01. The minimum absolute atomic E-state index is 0.407. The van der Waals surface area contributed by atoms with Crippen LogP contribution in [0.4, 0.5) is 0 Å². The Morgan fingerprint density at radius 2 is 1.92 bits per heavy atom. The molecule has 0 aliphatic rings. The van der Waals surface area contributed by atoms with E-state index >= 15 is 0 Å². The Hall–Kier alpha value is -0.250. The Balaban J connectivity index is 3.05. The summed E-state index contributed by atoms with van der Waals surface area (Å²) in [4.78, 5) is 0. The maximum absolute atomic E-state index is 9.39. The van der Waals surface area contributed by atoms with Gasteiger partial charge in [0.25, 0.3) is 0 Å². The zero-order valence-corrected chi connectivity index (χ0v) is 9.55. The highest BCUT2D eigenvalue weighted by Crippen LogP contribution is 2.21. The molecule has 0 aliphatic heterocycles. The molecule has 0 radical (unpaired) electrons. The number of alkyl halides is 1. The molecule has 12 heavy (non-hydrogen) atoms. The third-order valence-corrected chi connectivity index (χ3v) is 2.56. The largest absolute Gasteiger partial charge is 0.508 e. The summed E-state index contributed by atoms with van der Waals surface area (Å²) in [6, 6.07) is 3.92. The van der Waals surface area contributed by atoms with E-state index in [1.54, 1.807) is 0 Å². The van der Waals surface area contributed by atoms with Crippen LogP contribution < -0.4 is 0 Å². The first kappa shape index (κ1) is 9.84. The quantitative estimate of drug-likeness (QED) is 0.650. The lowest BCUT2D eigenvalue weighted by molar-refractivity contribution is 0.470. The molecule has 1 rings (SSSR count). The highest BCUT2D eigenvalue weighted by Gasteiger charge is 2.01. The van der Waals surface area contributed by atoms with Gasteiger partial charge in [-0.05, 0) is 43.0 Å². The summed E-state index contributed by atoms with van der Waals surface area (Å²) >= 11 is 2.37. The third kappa shape index (κ3) is 2.12. The molecule has 0 atom stereocenters. The van der Waals surface area contributed by atoms with E-state index in [-0.39, 0.29) is 0 Å². The van der Waals surface area contributed by atoms with Crippen LogP contribution in [-0.2, 0) is 6.42 Å². The van der Waals surface area contributed by atoms with Crippen LogP contribution in [0.3, 0.4) is 0 Å². The summed E-state index contributed by atoms with van der Waals surface area (Å²) in [6.45, 7) is 3.98. The molecule has 0 aliphatic carbocycles. The van der Waals surface area contributed by atoms with E-state index < -0.39 is 0 Å². The zero-order chi connectivity index (χ0) is 9.14. The first-order chi connectivity index (χ1) is 5.65. The lowest BCUT2D eigenvalue weighted by Gasteiger charge is -2.06. The summed E-state index contributed by atoms with van der Waals surface area (Å²) < 4.78 is 1.13. The molecule has 0 heterocycles. The van der Waals surface area contributed by atoms with Gasteiger partial charge in [-0.25, -0.2) is 0 Å². The number of aromatic hydroxyl groups is 1. The first-order valence-corrected chi connectivity index (χ1v) is 5.52. The van der Waals surface area contributed by atoms with E-state index in [1.807, 2.05) is 19.9 Å². The Labute approximate surface area is 86.9 Å². The van der Waals surface area contributed by atoms with Crippen LogP contribution in [0.25, 0.3) is 0 Å². The van der Waals surface area contributed by atoms with E-state index in [0.29, 0.717) is 5.75 Å². The minimum atomic E-state index is 0.407. The fourth-order valence-electron chi connectivity index (χ4n) is 1.23. The molecule has 1 nitrogen and oxygen atoms in total. The number of phenolic OH excluding ortho intramolecular Hbond substituents is 1. The number of halogens is 1. The predicted molar refractivity (Wildman–Crippen MR) is 60.2 cm³/mol. The van der Waals surface area contributed by atoms with Gasteiger partial charge in [-0.15, -0.1) is 0 Å². The summed E-state index contributed by atoms with van der Waals surface area (Å²) in [7, 11) is 0. The summed E-state index contributed by atoms with van der Waals surface area (Å²) in [5, 5.41) is 9.39. The Morgan fingerprint density at radius 1 is 1.25 bits per heavy atom. The first-order valence-electron chi connectivity index (χ1n) is 4.00. The van der Waals surface area contributed by atoms with Gasteiger partial charge in [0.05, 0.1) is 0 Å². The number of hydrogen-bond donors (Lipinski definition) is 1. The molecule has 0 fully saturated rings. The van der Waals surface area contributed by atoms with E-state index in [4.69, 9.17) is 0 Å². The number of hydrogen-bond acceptors (Lipinski definition) is 1. The van der Waals surface area contributed by atoms with Crippen LogP contribution in [0.5, 0.6) is 5.75 Å². The second-order valence-corrected chi connectivity index (χ2v) is 4.08. The van der Waals surface area contributed by atoms with Crippen molar-refractivity contribution in [1.82, 2.24) is 0 Å². The topological polar surface area (TPSA) is 20.2 Å². The SMILES string of the molecule is Cc1cc(CCI)c(C)cc1O.